The molecule has 0 amide bonds. The largest absolute Gasteiger partial charge is 0.207 e. The van der Waals surface area contributed by atoms with Crippen molar-refractivity contribution in [3.8, 4) is 0 Å². The quantitative estimate of drug-likeness (QED) is 0.681. The van der Waals surface area contributed by atoms with Crippen molar-refractivity contribution in [2.45, 2.75) is 19.3 Å². The van der Waals surface area contributed by atoms with Crippen LogP contribution in [0.5, 0.6) is 0 Å². The highest BCUT2D eigenvalue weighted by Crippen LogP contribution is 2.28. The van der Waals surface area contributed by atoms with Gasteiger partial charge in [-0.3, -0.25) is 0 Å². The Kier molecular flexibility index (Phi) is 4.75. The molecule has 0 radical (unpaired) electrons. The van der Waals surface area contributed by atoms with Gasteiger partial charge in [0, 0.05) is 11.0 Å². The van der Waals surface area contributed by atoms with E-state index in [2.05, 4.69) is 19.1 Å². The van der Waals surface area contributed by atoms with Crippen molar-refractivity contribution in [2.24, 2.45) is 0 Å². The topological polar surface area (TPSA) is 0 Å². The summed E-state index contributed by atoms with van der Waals surface area (Å²) in [6.45, 7) is 2.13. The molecule has 0 aliphatic heterocycles. The standard InChI is InChI=1S/C17H16ClF/c1-2-13(14-6-4-3-5-7-14)12-17(18)15-8-10-16(19)11-9-15/h3-13H,2H2,1H3/b17-12+. The van der Waals surface area contributed by atoms with Gasteiger partial charge in [-0.25, -0.2) is 4.39 Å². The third-order valence-electron chi connectivity index (χ3n) is 3.14. The Hall–Kier alpha value is -1.60. The summed E-state index contributed by atoms with van der Waals surface area (Å²) in [6, 6.07) is 16.5. The van der Waals surface area contributed by atoms with Crippen LogP contribution >= 0.6 is 11.6 Å². The van der Waals surface area contributed by atoms with E-state index in [0.29, 0.717) is 5.03 Å². The first kappa shape index (κ1) is 13.8. The smallest absolute Gasteiger partial charge is 0.123 e. The monoisotopic (exact) mass is 274 g/mol. The fraction of sp³-hybridized carbons (Fsp3) is 0.176. The SMILES string of the molecule is CCC(/C=C(/Cl)c1ccc(F)cc1)c1ccccc1. The molecule has 2 heteroatoms. The van der Waals surface area contributed by atoms with Crippen LogP contribution in [0.2, 0.25) is 0 Å². The zero-order valence-corrected chi connectivity index (χ0v) is 11.6. The average molecular weight is 275 g/mol. The van der Waals surface area contributed by atoms with E-state index in [1.807, 2.05) is 24.3 Å². The molecular formula is C17H16ClF. The molecule has 1 unspecified atom stereocenters. The van der Waals surface area contributed by atoms with E-state index < -0.39 is 0 Å². The normalized spacial score (nSPS) is 13.3. The molecule has 0 nitrogen and oxygen atoms in total. The number of hydrogen-bond donors (Lipinski definition) is 0. The fourth-order valence-electron chi connectivity index (χ4n) is 2.03. The van der Waals surface area contributed by atoms with Crippen molar-refractivity contribution in [2.75, 3.05) is 0 Å². The Bertz CT molecular complexity index is 543. The lowest BCUT2D eigenvalue weighted by atomic mass is 9.95. The Balaban J connectivity index is 2.25. The van der Waals surface area contributed by atoms with Crippen molar-refractivity contribution in [3.63, 3.8) is 0 Å². The average Bonchev–Trinajstić information content (AvgIpc) is 2.46. The van der Waals surface area contributed by atoms with Gasteiger partial charge in [0.2, 0.25) is 0 Å². The lowest BCUT2D eigenvalue weighted by Gasteiger charge is -2.11. The predicted molar refractivity (Wildman–Crippen MR) is 79.7 cm³/mol. The molecule has 0 N–H and O–H groups in total. The van der Waals surface area contributed by atoms with Crippen LogP contribution < -0.4 is 0 Å². The Labute approximate surface area is 118 Å². The molecule has 2 aromatic rings. The molecule has 0 fully saturated rings. The highest BCUT2D eigenvalue weighted by molar-refractivity contribution is 6.48. The molecule has 0 aliphatic rings. The maximum absolute atomic E-state index is 12.9. The van der Waals surface area contributed by atoms with Gasteiger partial charge >= 0.3 is 0 Å². The summed E-state index contributed by atoms with van der Waals surface area (Å²) in [5.74, 6) is 0.0297. The number of halogens is 2. The molecule has 2 rings (SSSR count). The van der Waals surface area contributed by atoms with Gasteiger partial charge in [-0.1, -0.05) is 67.1 Å². The lowest BCUT2D eigenvalue weighted by molar-refractivity contribution is 0.627. The van der Waals surface area contributed by atoms with Gasteiger partial charge < -0.3 is 0 Å². The zero-order chi connectivity index (χ0) is 13.7. The van der Waals surface area contributed by atoms with E-state index in [-0.39, 0.29) is 11.7 Å². The summed E-state index contributed by atoms with van der Waals surface area (Å²) in [5.41, 5.74) is 2.09. The highest BCUT2D eigenvalue weighted by Gasteiger charge is 2.08. The van der Waals surface area contributed by atoms with Crippen LogP contribution in [0.1, 0.15) is 30.4 Å². The van der Waals surface area contributed by atoms with E-state index in [9.17, 15) is 4.39 Å². The number of benzene rings is 2. The van der Waals surface area contributed by atoms with Gasteiger partial charge in [-0.05, 0) is 29.7 Å². The minimum absolute atomic E-state index is 0.247. The van der Waals surface area contributed by atoms with Crippen molar-refractivity contribution in [1.82, 2.24) is 0 Å². The first-order chi connectivity index (χ1) is 9.20. The van der Waals surface area contributed by atoms with E-state index in [1.54, 1.807) is 12.1 Å². The maximum atomic E-state index is 12.9. The first-order valence-electron chi connectivity index (χ1n) is 6.39. The number of allylic oxidation sites excluding steroid dienone is 1. The molecule has 19 heavy (non-hydrogen) atoms. The van der Waals surface area contributed by atoms with Crippen molar-refractivity contribution < 1.29 is 4.39 Å². The first-order valence-corrected chi connectivity index (χ1v) is 6.76. The van der Waals surface area contributed by atoms with Crippen molar-refractivity contribution in [1.29, 1.82) is 0 Å². The van der Waals surface area contributed by atoms with Crippen LogP contribution in [-0.2, 0) is 0 Å². The van der Waals surface area contributed by atoms with Crippen molar-refractivity contribution in [3.05, 3.63) is 77.6 Å². The zero-order valence-electron chi connectivity index (χ0n) is 10.8. The molecule has 2 aromatic carbocycles. The second kappa shape index (κ2) is 6.53. The molecule has 0 saturated carbocycles. The van der Waals surface area contributed by atoms with Crippen LogP contribution in [0.4, 0.5) is 4.39 Å². The van der Waals surface area contributed by atoms with E-state index in [0.717, 1.165) is 12.0 Å². The molecule has 0 heterocycles. The molecule has 0 aliphatic carbocycles. The lowest BCUT2D eigenvalue weighted by Crippen LogP contribution is -1.93. The van der Waals surface area contributed by atoms with Crippen LogP contribution in [-0.4, -0.2) is 0 Å². The molecule has 0 spiro atoms. The predicted octanol–water partition coefficient (Wildman–Crippen LogP) is 5.60. The third kappa shape index (κ3) is 3.68. The van der Waals surface area contributed by atoms with Crippen LogP contribution in [0, 0.1) is 5.82 Å². The number of rotatable bonds is 4. The third-order valence-corrected chi connectivity index (χ3v) is 3.48. The van der Waals surface area contributed by atoms with Gasteiger partial charge in [0.1, 0.15) is 5.82 Å². The van der Waals surface area contributed by atoms with Crippen LogP contribution in [0.3, 0.4) is 0 Å². The maximum Gasteiger partial charge on any atom is 0.123 e. The molecule has 1 atom stereocenters. The van der Waals surface area contributed by atoms with Gasteiger partial charge in [-0.2, -0.15) is 0 Å². The molecule has 0 bridgehead atoms. The van der Waals surface area contributed by atoms with Gasteiger partial charge in [0.05, 0.1) is 0 Å². The summed E-state index contributed by atoms with van der Waals surface area (Å²) in [6.07, 6.45) is 3.01. The minimum Gasteiger partial charge on any atom is -0.207 e. The summed E-state index contributed by atoms with van der Waals surface area (Å²) >= 11 is 6.32. The Morgan fingerprint density at radius 2 is 1.74 bits per heavy atom. The second-order valence-corrected chi connectivity index (χ2v) is 4.85. The van der Waals surface area contributed by atoms with E-state index >= 15 is 0 Å². The second-order valence-electron chi connectivity index (χ2n) is 4.45. The van der Waals surface area contributed by atoms with E-state index in [4.69, 9.17) is 11.6 Å². The highest BCUT2D eigenvalue weighted by atomic mass is 35.5. The molecule has 98 valence electrons. The summed E-state index contributed by atoms with van der Waals surface area (Å²) in [4.78, 5) is 0. The van der Waals surface area contributed by atoms with Gasteiger partial charge in [0.15, 0.2) is 0 Å². The summed E-state index contributed by atoms with van der Waals surface area (Å²) in [7, 11) is 0. The summed E-state index contributed by atoms with van der Waals surface area (Å²) in [5, 5.41) is 0.663. The fourth-order valence-corrected chi connectivity index (χ4v) is 2.31. The molecular weight excluding hydrogens is 259 g/mol. The number of hydrogen-bond acceptors (Lipinski definition) is 0. The Morgan fingerprint density at radius 1 is 1.11 bits per heavy atom. The van der Waals surface area contributed by atoms with E-state index in [1.165, 1.54) is 17.7 Å². The minimum atomic E-state index is -0.247. The molecule has 0 saturated heterocycles. The van der Waals surface area contributed by atoms with Crippen LogP contribution in [0.15, 0.2) is 60.7 Å². The Morgan fingerprint density at radius 3 is 2.32 bits per heavy atom. The van der Waals surface area contributed by atoms with Crippen molar-refractivity contribution >= 4 is 16.6 Å². The molecule has 0 aromatic heterocycles. The van der Waals surface area contributed by atoms with Crippen LogP contribution in [0.25, 0.3) is 5.03 Å². The summed E-state index contributed by atoms with van der Waals surface area (Å²) < 4.78 is 12.9. The van der Waals surface area contributed by atoms with Gasteiger partial charge in [0.25, 0.3) is 0 Å². The van der Waals surface area contributed by atoms with Gasteiger partial charge in [-0.15, -0.1) is 0 Å².